The third-order valence-corrected chi connectivity index (χ3v) is 3.30. The molecule has 1 heterocycles. The van der Waals surface area contributed by atoms with Crippen molar-refractivity contribution in [2.75, 3.05) is 30.4 Å². The number of benzene rings is 1. The van der Waals surface area contributed by atoms with Crippen LogP contribution in [0.3, 0.4) is 0 Å². The minimum absolute atomic E-state index is 0.0758. The molecule has 1 saturated heterocycles. The minimum atomic E-state index is -0.467. The summed E-state index contributed by atoms with van der Waals surface area (Å²) in [5.74, 6) is -0.202. The summed E-state index contributed by atoms with van der Waals surface area (Å²) < 4.78 is 0. The van der Waals surface area contributed by atoms with E-state index < -0.39 is 6.04 Å². The number of hydrogen-bond donors (Lipinski definition) is 1. The van der Waals surface area contributed by atoms with Crippen LogP contribution in [0.2, 0.25) is 0 Å². The van der Waals surface area contributed by atoms with Crippen molar-refractivity contribution < 1.29 is 9.59 Å². The highest BCUT2D eigenvalue weighted by molar-refractivity contribution is 6.06. The molecule has 1 unspecified atom stereocenters. The van der Waals surface area contributed by atoms with E-state index in [1.807, 2.05) is 44.1 Å². The summed E-state index contributed by atoms with van der Waals surface area (Å²) in [6, 6.07) is 5.32. The number of anilines is 2. The summed E-state index contributed by atoms with van der Waals surface area (Å²) in [5, 5.41) is 2.64. The molecule has 1 aromatic rings. The molecule has 0 aromatic heterocycles. The smallest absolute Gasteiger partial charge is 0.249 e. The lowest BCUT2D eigenvalue weighted by atomic mass is 10.1. The van der Waals surface area contributed by atoms with Crippen LogP contribution in [0, 0.1) is 6.92 Å². The molecule has 0 spiro atoms. The van der Waals surface area contributed by atoms with E-state index in [2.05, 4.69) is 5.32 Å². The van der Waals surface area contributed by atoms with Gasteiger partial charge >= 0.3 is 0 Å². The zero-order chi connectivity index (χ0) is 14.2. The monoisotopic (exact) mass is 261 g/mol. The minimum Gasteiger partial charge on any atom is -0.377 e. The highest BCUT2D eigenvalue weighted by Crippen LogP contribution is 2.26. The molecule has 2 amide bonds. The topological polar surface area (TPSA) is 52.7 Å². The molecular formula is C14H19N3O2. The Labute approximate surface area is 113 Å². The molecule has 0 bridgehead atoms. The molecule has 5 nitrogen and oxygen atoms in total. The van der Waals surface area contributed by atoms with Gasteiger partial charge in [0.15, 0.2) is 0 Å². The number of carbonyl (C=O) groups is 2. The first-order chi connectivity index (χ1) is 8.90. The summed E-state index contributed by atoms with van der Waals surface area (Å²) in [7, 11) is 3.92. The highest BCUT2D eigenvalue weighted by atomic mass is 16.2. The summed E-state index contributed by atoms with van der Waals surface area (Å²) >= 11 is 0. The Kier molecular flexibility index (Phi) is 3.46. The average molecular weight is 261 g/mol. The van der Waals surface area contributed by atoms with Crippen LogP contribution in [0.1, 0.15) is 12.5 Å². The fourth-order valence-corrected chi connectivity index (χ4v) is 2.27. The zero-order valence-electron chi connectivity index (χ0n) is 11.7. The lowest BCUT2D eigenvalue weighted by Gasteiger charge is -2.31. The van der Waals surface area contributed by atoms with Gasteiger partial charge in [-0.05, 0) is 31.5 Å². The summed E-state index contributed by atoms with van der Waals surface area (Å²) in [4.78, 5) is 27.2. The molecule has 0 aliphatic carbocycles. The van der Waals surface area contributed by atoms with E-state index in [4.69, 9.17) is 0 Å². The van der Waals surface area contributed by atoms with Crippen molar-refractivity contribution in [3.05, 3.63) is 23.8 Å². The van der Waals surface area contributed by atoms with Gasteiger partial charge in [-0.25, -0.2) is 0 Å². The third-order valence-electron chi connectivity index (χ3n) is 3.30. The van der Waals surface area contributed by atoms with Gasteiger partial charge in [0.25, 0.3) is 0 Å². The van der Waals surface area contributed by atoms with Crippen molar-refractivity contribution in [1.82, 2.24) is 5.32 Å². The van der Waals surface area contributed by atoms with Crippen LogP contribution in [-0.4, -0.2) is 38.5 Å². The Morgan fingerprint density at radius 3 is 2.63 bits per heavy atom. The second-order valence-electron chi connectivity index (χ2n) is 5.08. The quantitative estimate of drug-likeness (QED) is 0.861. The number of aryl methyl sites for hydroxylation is 1. The standard InChI is InChI=1S/C14H19N3O2/c1-9-5-6-11(7-12(9)16(3)4)17-8-13(18)15-10(2)14(17)19/h5-7,10H,8H2,1-4H3,(H,15,18). The number of hydrogen-bond acceptors (Lipinski definition) is 3. The fraction of sp³-hybridized carbons (Fsp3) is 0.429. The van der Waals surface area contributed by atoms with Gasteiger partial charge in [-0.2, -0.15) is 0 Å². The van der Waals surface area contributed by atoms with Crippen molar-refractivity contribution in [3.8, 4) is 0 Å². The van der Waals surface area contributed by atoms with Crippen LogP contribution < -0.4 is 15.1 Å². The maximum absolute atomic E-state index is 12.1. The highest BCUT2D eigenvalue weighted by Gasteiger charge is 2.30. The summed E-state index contributed by atoms with van der Waals surface area (Å²) in [6.07, 6.45) is 0. The molecule has 1 atom stereocenters. The maximum atomic E-state index is 12.1. The Bertz CT molecular complexity index is 525. The largest absolute Gasteiger partial charge is 0.377 e. The van der Waals surface area contributed by atoms with Gasteiger partial charge in [0, 0.05) is 25.5 Å². The van der Waals surface area contributed by atoms with Gasteiger partial charge in [-0.1, -0.05) is 6.07 Å². The number of amides is 2. The van der Waals surface area contributed by atoms with Crippen LogP contribution in [0.15, 0.2) is 18.2 Å². The lowest BCUT2D eigenvalue weighted by Crippen LogP contribution is -2.57. The molecule has 1 aliphatic rings. The van der Waals surface area contributed by atoms with E-state index in [1.54, 1.807) is 6.92 Å². The molecule has 1 fully saturated rings. The summed E-state index contributed by atoms with van der Waals surface area (Å²) in [5.41, 5.74) is 2.95. The predicted molar refractivity (Wildman–Crippen MR) is 75.5 cm³/mol. The number of carbonyl (C=O) groups excluding carboxylic acids is 2. The summed E-state index contributed by atoms with van der Waals surface area (Å²) in [6.45, 7) is 3.80. The van der Waals surface area contributed by atoms with Crippen molar-refractivity contribution in [2.45, 2.75) is 19.9 Å². The number of rotatable bonds is 2. The zero-order valence-corrected chi connectivity index (χ0v) is 11.7. The van der Waals surface area contributed by atoms with E-state index in [9.17, 15) is 9.59 Å². The van der Waals surface area contributed by atoms with E-state index >= 15 is 0 Å². The van der Waals surface area contributed by atoms with Gasteiger partial charge in [0.2, 0.25) is 11.8 Å². The second kappa shape index (κ2) is 4.91. The number of nitrogens with one attached hydrogen (secondary N) is 1. The lowest BCUT2D eigenvalue weighted by molar-refractivity contribution is -0.130. The van der Waals surface area contributed by atoms with Crippen LogP contribution in [0.4, 0.5) is 11.4 Å². The van der Waals surface area contributed by atoms with Crippen molar-refractivity contribution in [1.29, 1.82) is 0 Å². The fourth-order valence-electron chi connectivity index (χ4n) is 2.27. The molecule has 0 radical (unpaired) electrons. The SMILES string of the molecule is Cc1ccc(N2CC(=O)NC(C)C2=O)cc1N(C)C. The first-order valence-electron chi connectivity index (χ1n) is 6.29. The first-order valence-corrected chi connectivity index (χ1v) is 6.29. The van der Waals surface area contributed by atoms with Crippen molar-refractivity contribution in [3.63, 3.8) is 0 Å². The van der Waals surface area contributed by atoms with Gasteiger partial charge in [-0.3, -0.25) is 9.59 Å². The molecule has 102 valence electrons. The van der Waals surface area contributed by atoms with Crippen LogP contribution in [0.5, 0.6) is 0 Å². The molecule has 1 aromatic carbocycles. The molecular weight excluding hydrogens is 242 g/mol. The molecule has 1 aliphatic heterocycles. The van der Waals surface area contributed by atoms with E-state index in [1.165, 1.54) is 4.90 Å². The molecule has 19 heavy (non-hydrogen) atoms. The normalized spacial score (nSPS) is 19.4. The Morgan fingerprint density at radius 2 is 2.00 bits per heavy atom. The predicted octanol–water partition coefficient (Wildman–Crippen LogP) is 0.912. The van der Waals surface area contributed by atoms with E-state index in [-0.39, 0.29) is 18.4 Å². The van der Waals surface area contributed by atoms with Gasteiger partial charge in [0.1, 0.15) is 12.6 Å². The molecule has 2 rings (SSSR count). The Morgan fingerprint density at radius 1 is 1.32 bits per heavy atom. The molecule has 1 N–H and O–H groups in total. The second-order valence-corrected chi connectivity index (χ2v) is 5.08. The van der Waals surface area contributed by atoms with Gasteiger partial charge in [0.05, 0.1) is 0 Å². The van der Waals surface area contributed by atoms with E-state index in [0.717, 1.165) is 16.9 Å². The Balaban J connectivity index is 2.38. The average Bonchev–Trinajstić information content (AvgIpc) is 2.34. The Hall–Kier alpha value is -2.04. The van der Waals surface area contributed by atoms with Gasteiger partial charge < -0.3 is 15.1 Å². The van der Waals surface area contributed by atoms with Crippen molar-refractivity contribution in [2.24, 2.45) is 0 Å². The van der Waals surface area contributed by atoms with Gasteiger partial charge in [-0.15, -0.1) is 0 Å². The first kappa shape index (κ1) is 13.4. The van der Waals surface area contributed by atoms with E-state index in [0.29, 0.717) is 0 Å². The van der Waals surface area contributed by atoms with Crippen LogP contribution in [0.25, 0.3) is 0 Å². The maximum Gasteiger partial charge on any atom is 0.249 e. The van der Waals surface area contributed by atoms with Crippen LogP contribution >= 0.6 is 0 Å². The van der Waals surface area contributed by atoms with Crippen LogP contribution in [-0.2, 0) is 9.59 Å². The molecule has 5 heteroatoms. The number of piperazine rings is 1. The molecule has 0 saturated carbocycles. The number of nitrogens with zero attached hydrogens (tertiary/aromatic N) is 2. The van der Waals surface area contributed by atoms with Crippen molar-refractivity contribution >= 4 is 23.2 Å². The third kappa shape index (κ3) is 2.54.